The Labute approximate surface area is 153 Å². The maximum absolute atomic E-state index is 13.8. The molecule has 3 nitrogen and oxygen atoms in total. The summed E-state index contributed by atoms with van der Waals surface area (Å²) in [5.74, 6) is -0.183. The van der Waals surface area contributed by atoms with Crippen LogP contribution in [0.2, 0.25) is 0 Å². The van der Waals surface area contributed by atoms with Crippen molar-refractivity contribution in [2.45, 2.75) is 45.4 Å². The van der Waals surface area contributed by atoms with Crippen molar-refractivity contribution in [3.05, 3.63) is 66.1 Å². The van der Waals surface area contributed by atoms with Crippen LogP contribution in [-0.4, -0.2) is 22.9 Å². The molecule has 1 fully saturated rings. The molecule has 3 aromatic rings. The predicted octanol–water partition coefficient (Wildman–Crippen LogP) is 4.13. The maximum Gasteiger partial charge on any atom is 0.494 e. The second-order valence-corrected chi connectivity index (χ2v) is 7.95. The molecule has 1 aliphatic heterocycles. The van der Waals surface area contributed by atoms with Crippen molar-refractivity contribution in [1.82, 2.24) is 4.57 Å². The molecule has 2 aromatic carbocycles. The Bertz CT molecular complexity index is 930. The molecule has 134 valence electrons. The second kappa shape index (κ2) is 5.97. The van der Waals surface area contributed by atoms with Gasteiger partial charge in [-0.1, -0.05) is 30.3 Å². The minimum absolute atomic E-state index is 0.183. The molecule has 4 rings (SSSR count). The molecule has 0 atom stereocenters. The second-order valence-electron chi connectivity index (χ2n) is 7.95. The van der Waals surface area contributed by atoms with E-state index in [1.165, 1.54) is 6.07 Å². The van der Waals surface area contributed by atoms with Crippen molar-refractivity contribution < 1.29 is 13.7 Å². The van der Waals surface area contributed by atoms with E-state index in [2.05, 4.69) is 44.4 Å². The fourth-order valence-corrected chi connectivity index (χ4v) is 3.28. The summed E-state index contributed by atoms with van der Waals surface area (Å²) in [6.07, 6.45) is 1.93. The Morgan fingerprint density at radius 2 is 1.58 bits per heavy atom. The molecule has 5 heteroatoms. The Kier molecular flexibility index (Phi) is 3.97. The average molecular weight is 351 g/mol. The van der Waals surface area contributed by atoms with Crippen LogP contribution in [-0.2, 0) is 15.9 Å². The van der Waals surface area contributed by atoms with Crippen LogP contribution in [0.5, 0.6) is 0 Å². The third-order valence-corrected chi connectivity index (χ3v) is 5.62. The highest BCUT2D eigenvalue weighted by Crippen LogP contribution is 2.36. The average Bonchev–Trinajstić information content (AvgIpc) is 3.08. The van der Waals surface area contributed by atoms with Gasteiger partial charge in [-0.3, -0.25) is 0 Å². The number of fused-ring (bicyclic) bond motifs is 1. The largest absolute Gasteiger partial charge is 0.494 e. The van der Waals surface area contributed by atoms with Crippen LogP contribution >= 0.6 is 0 Å². The van der Waals surface area contributed by atoms with Gasteiger partial charge in [-0.2, -0.15) is 0 Å². The SMILES string of the molecule is CC1(C)OB(c2ccc(Cn3ccc4c(F)cccc43)cc2)OC1(C)C. The number of hydrogen-bond donors (Lipinski definition) is 0. The highest BCUT2D eigenvalue weighted by molar-refractivity contribution is 6.62. The van der Waals surface area contributed by atoms with E-state index >= 15 is 0 Å². The summed E-state index contributed by atoms with van der Waals surface area (Å²) in [4.78, 5) is 0. The monoisotopic (exact) mass is 351 g/mol. The molecule has 0 spiro atoms. The van der Waals surface area contributed by atoms with E-state index in [-0.39, 0.29) is 24.1 Å². The molecule has 1 saturated heterocycles. The molecule has 1 aromatic heterocycles. The summed E-state index contributed by atoms with van der Waals surface area (Å²) in [6.45, 7) is 8.90. The van der Waals surface area contributed by atoms with Crippen LogP contribution in [0.25, 0.3) is 10.9 Å². The lowest BCUT2D eigenvalue weighted by Crippen LogP contribution is -2.41. The van der Waals surface area contributed by atoms with Crippen LogP contribution in [0.3, 0.4) is 0 Å². The molecule has 26 heavy (non-hydrogen) atoms. The van der Waals surface area contributed by atoms with Gasteiger partial charge in [0.05, 0.1) is 16.7 Å². The first kappa shape index (κ1) is 17.3. The number of nitrogens with zero attached hydrogens (tertiary/aromatic N) is 1. The van der Waals surface area contributed by atoms with Crippen LogP contribution in [0.4, 0.5) is 4.39 Å². The molecule has 0 aliphatic carbocycles. The van der Waals surface area contributed by atoms with E-state index in [4.69, 9.17) is 9.31 Å². The van der Waals surface area contributed by atoms with Gasteiger partial charge in [0.1, 0.15) is 5.82 Å². The molecular weight excluding hydrogens is 328 g/mol. The highest BCUT2D eigenvalue weighted by atomic mass is 19.1. The molecule has 0 radical (unpaired) electrons. The minimum atomic E-state index is -0.351. The Morgan fingerprint density at radius 3 is 2.23 bits per heavy atom. The topological polar surface area (TPSA) is 23.4 Å². The number of rotatable bonds is 3. The van der Waals surface area contributed by atoms with Crippen molar-refractivity contribution in [2.24, 2.45) is 0 Å². The Hall–Kier alpha value is -2.11. The lowest BCUT2D eigenvalue weighted by Gasteiger charge is -2.32. The standard InChI is InChI=1S/C21H23BFNO2/c1-20(2)21(3,4)26-22(25-20)16-10-8-15(9-11-16)14-24-13-12-17-18(23)6-5-7-19(17)24/h5-13H,14H2,1-4H3. The van der Waals surface area contributed by atoms with Crippen molar-refractivity contribution in [1.29, 1.82) is 0 Å². The summed E-state index contributed by atoms with van der Waals surface area (Å²) in [5.41, 5.74) is 2.37. The van der Waals surface area contributed by atoms with Crippen LogP contribution in [0.15, 0.2) is 54.7 Å². The third-order valence-electron chi connectivity index (χ3n) is 5.62. The van der Waals surface area contributed by atoms with Gasteiger partial charge in [0.2, 0.25) is 0 Å². The molecule has 2 heterocycles. The third kappa shape index (κ3) is 2.85. The minimum Gasteiger partial charge on any atom is -0.399 e. The zero-order chi connectivity index (χ0) is 18.5. The van der Waals surface area contributed by atoms with Gasteiger partial charge in [0, 0.05) is 18.1 Å². The van der Waals surface area contributed by atoms with E-state index in [9.17, 15) is 4.39 Å². The van der Waals surface area contributed by atoms with E-state index in [0.717, 1.165) is 16.5 Å². The number of aromatic nitrogens is 1. The molecule has 0 N–H and O–H groups in total. The van der Waals surface area contributed by atoms with Gasteiger partial charge in [-0.25, -0.2) is 4.39 Å². The van der Waals surface area contributed by atoms with E-state index in [0.29, 0.717) is 11.9 Å². The highest BCUT2D eigenvalue weighted by Gasteiger charge is 2.51. The lowest BCUT2D eigenvalue weighted by molar-refractivity contribution is 0.00578. The first-order valence-electron chi connectivity index (χ1n) is 8.95. The first-order chi connectivity index (χ1) is 12.3. The van der Waals surface area contributed by atoms with Gasteiger partial charge in [0.25, 0.3) is 0 Å². The van der Waals surface area contributed by atoms with E-state index in [1.54, 1.807) is 6.07 Å². The molecule has 0 saturated carbocycles. The summed E-state index contributed by atoms with van der Waals surface area (Å²) in [7, 11) is -0.351. The fraction of sp³-hybridized carbons (Fsp3) is 0.333. The molecule has 1 aliphatic rings. The molecular formula is C21H23BFNO2. The van der Waals surface area contributed by atoms with Crippen molar-refractivity contribution in [3.8, 4) is 0 Å². The Morgan fingerprint density at radius 1 is 0.923 bits per heavy atom. The quantitative estimate of drug-likeness (QED) is 0.663. The zero-order valence-electron chi connectivity index (χ0n) is 15.6. The first-order valence-corrected chi connectivity index (χ1v) is 8.95. The summed E-state index contributed by atoms with van der Waals surface area (Å²) >= 11 is 0. The number of halogens is 1. The smallest absolute Gasteiger partial charge is 0.399 e. The summed E-state index contributed by atoms with van der Waals surface area (Å²) in [6, 6.07) is 15.2. The van der Waals surface area contributed by atoms with Gasteiger partial charge >= 0.3 is 7.12 Å². The predicted molar refractivity (Wildman–Crippen MR) is 103 cm³/mol. The van der Waals surface area contributed by atoms with Crippen LogP contribution in [0.1, 0.15) is 33.3 Å². The van der Waals surface area contributed by atoms with Gasteiger partial charge in [-0.05, 0) is 56.9 Å². The zero-order valence-corrected chi connectivity index (χ0v) is 15.6. The summed E-state index contributed by atoms with van der Waals surface area (Å²) < 4.78 is 28.1. The number of hydrogen-bond acceptors (Lipinski definition) is 2. The van der Waals surface area contributed by atoms with Gasteiger partial charge < -0.3 is 13.9 Å². The van der Waals surface area contributed by atoms with Crippen LogP contribution < -0.4 is 5.46 Å². The van der Waals surface area contributed by atoms with Crippen molar-refractivity contribution in [2.75, 3.05) is 0 Å². The Balaban J connectivity index is 1.54. The maximum atomic E-state index is 13.8. The van der Waals surface area contributed by atoms with E-state index in [1.807, 2.05) is 30.5 Å². The lowest BCUT2D eigenvalue weighted by atomic mass is 9.79. The normalized spacial score (nSPS) is 18.6. The van der Waals surface area contributed by atoms with Crippen LogP contribution in [0, 0.1) is 5.82 Å². The molecule has 0 unspecified atom stereocenters. The van der Waals surface area contributed by atoms with E-state index < -0.39 is 0 Å². The van der Waals surface area contributed by atoms with Gasteiger partial charge in [0.15, 0.2) is 0 Å². The van der Waals surface area contributed by atoms with Gasteiger partial charge in [-0.15, -0.1) is 0 Å². The molecule has 0 amide bonds. The number of benzene rings is 2. The van der Waals surface area contributed by atoms with Crippen molar-refractivity contribution in [3.63, 3.8) is 0 Å². The molecule has 0 bridgehead atoms. The summed E-state index contributed by atoms with van der Waals surface area (Å²) in [5, 5.41) is 0.654. The van der Waals surface area contributed by atoms with Crippen molar-refractivity contribution >= 4 is 23.5 Å². The fourth-order valence-electron chi connectivity index (χ4n) is 3.28.